The molecule has 2 heterocycles. The zero-order valence-electron chi connectivity index (χ0n) is 16.9. The summed E-state index contributed by atoms with van der Waals surface area (Å²) in [4.78, 5) is 14.2. The maximum atomic E-state index is 12.8. The van der Waals surface area contributed by atoms with Crippen molar-refractivity contribution in [3.63, 3.8) is 0 Å². The number of sulfonamides is 1. The Kier molecular flexibility index (Phi) is 6.20. The summed E-state index contributed by atoms with van der Waals surface area (Å²) in [6.07, 6.45) is 1.11. The van der Waals surface area contributed by atoms with E-state index in [1.54, 1.807) is 13.8 Å². The van der Waals surface area contributed by atoms with Crippen LogP contribution < -0.4 is 4.74 Å². The monoisotopic (exact) mass is 457 g/mol. The highest BCUT2D eigenvalue weighted by atomic mass is 32.2. The quantitative estimate of drug-likeness (QED) is 0.617. The van der Waals surface area contributed by atoms with Gasteiger partial charge < -0.3 is 14.2 Å². The highest BCUT2D eigenvalue weighted by Gasteiger charge is 2.34. The Labute approximate surface area is 175 Å². The first-order valence-corrected chi connectivity index (χ1v) is 12.5. The van der Waals surface area contributed by atoms with Crippen LogP contribution in [0.4, 0.5) is 0 Å². The van der Waals surface area contributed by atoms with Gasteiger partial charge in [0.2, 0.25) is 10.0 Å². The number of amides is 1. The number of hydrogen-bond acceptors (Lipinski definition) is 8. The molecule has 1 aromatic carbocycles. The molecule has 164 valence electrons. The van der Waals surface area contributed by atoms with Crippen LogP contribution in [0.25, 0.3) is 0 Å². The molecule has 1 aliphatic heterocycles. The highest BCUT2D eigenvalue weighted by molar-refractivity contribution is 7.90. The van der Waals surface area contributed by atoms with E-state index < -0.39 is 19.9 Å². The second kappa shape index (κ2) is 8.36. The molecule has 0 spiro atoms. The van der Waals surface area contributed by atoms with E-state index in [-0.39, 0.29) is 54.2 Å². The minimum atomic E-state index is -3.74. The van der Waals surface area contributed by atoms with E-state index in [0.29, 0.717) is 11.4 Å². The number of carbonyl (C=O) groups excluding carboxylic acids is 1. The van der Waals surface area contributed by atoms with Gasteiger partial charge in [-0.2, -0.15) is 4.31 Å². The molecule has 10 nitrogen and oxygen atoms in total. The van der Waals surface area contributed by atoms with Crippen LogP contribution in [-0.2, 0) is 24.7 Å². The van der Waals surface area contributed by atoms with Gasteiger partial charge >= 0.3 is 0 Å². The molecule has 0 N–H and O–H groups in total. The fraction of sp³-hybridized carbons (Fsp3) is 0.444. The summed E-state index contributed by atoms with van der Waals surface area (Å²) in [5, 5.41) is 3.70. The fourth-order valence-electron chi connectivity index (χ4n) is 3.17. The van der Waals surface area contributed by atoms with Crippen molar-refractivity contribution >= 4 is 25.8 Å². The summed E-state index contributed by atoms with van der Waals surface area (Å²) >= 11 is 0. The lowest BCUT2D eigenvalue weighted by atomic mass is 10.3. The predicted octanol–water partition coefficient (Wildman–Crippen LogP) is 0.607. The molecule has 0 atom stereocenters. The van der Waals surface area contributed by atoms with Gasteiger partial charge in [0.25, 0.3) is 5.91 Å². The van der Waals surface area contributed by atoms with Crippen molar-refractivity contribution in [2.45, 2.75) is 23.6 Å². The minimum Gasteiger partial charge on any atom is -0.484 e. The summed E-state index contributed by atoms with van der Waals surface area (Å²) in [6.45, 7) is 3.67. The van der Waals surface area contributed by atoms with Crippen molar-refractivity contribution < 1.29 is 30.9 Å². The van der Waals surface area contributed by atoms with Gasteiger partial charge in [-0.15, -0.1) is 0 Å². The second-order valence-electron chi connectivity index (χ2n) is 6.97. The zero-order chi connectivity index (χ0) is 22.1. The van der Waals surface area contributed by atoms with Crippen molar-refractivity contribution in [1.29, 1.82) is 0 Å². The molecule has 3 rings (SSSR count). The zero-order valence-corrected chi connectivity index (χ0v) is 18.5. The van der Waals surface area contributed by atoms with Crippen molar-refractivity contribution in [3.05, 3.63) is 35.7 Å². The predicted molar refractivity (Wildman–Crippen MR) is 106 cm³/mol. The molecule has 1 amide bonds. The van der Waals surface area contributed by atoms with Crippen molar-refractivity contribution in [2.75, 3.05) is 39.0 Å². The van der Waals surface area contributed by atoms with E-state index in [1.807, 2.05) is 0 Å². The molecular weight excluding hydrogens is 434 g/mol. The highest BCUT2D eigenvalue weighted by Crippen LogP contribution is 2.24. The third-order valence-electron chi connectivity index (χ3n) is 4.77. The van der Waals surface area contributed by atoms with Gasteiger partial charge in [0, 0.05) is 32.4 Å². The first-order valence-electron chi connectivity index (χ1n) is 9.14. The molecule has 1 saturated heterocycles. The van der Waals surface area contributed by atoms with Crippen LogP contribution in [0.1, 0.15) is 11.5 Å². The van der Waals surface area contributed by atoms with Crippen LogP contribution in [0, 0.1) is 13.8 Å². The second-order valence-corrected chi connectivity index (χ2v) is 10.9. The Morgan fingerprint density at radius 2 is 1.67 bits per heavy atom. The summed E-state index contributed by atoms with van der Waals surface area (Å²) in [7, 11) is -7.04. The molecular formula is C18H23N3O7S2. The molecule has 0 bridgehead atoms. The Hall–Kier alpha value is -2.44. The normalized spacial score (nSPS) is 15.9. The number of benzene rings is 1. The third kappa shape index (κ3) is 4.65. The number of ether oxygens (including phenoxy) is 1. The maximum Gasteiger partial charge on any atom is 0.260 e. The molecule has 2 aromatic rings. The molecule has 0 aliphatic carbocycles. The standard InChI is InChI=1S/C18H23N3O7S2/c1-13-18(14(2)28-19-13)30(25,26)21-10-8-20(9-11-21)17(22)12-27-15-4-6-16(7-5-15)29(3,23)24/h4-7H,8-12H2,1-3H3. The Balaban J connectivity index is 1.55. The third-order valence-corrected chi connectivity index (χ3v) is 8.04. The van der Waals surface area contributed by atoms with Crippen LogP contribution in [-0.4, -0.2) is 76.1 Å². The number of carbonyl (C=O) groups is 1. The van der Waals surface area contributed by atoms with Gasteiger partial charge in [0.1, 0.15) is 16.3 Å². The average Bonchev–Trinajstić information content (AvgIpc) is 3.04. The van der Waals surface area contributed by atoms with Gasteiger partial charge in [0.05, 0.1) is 4.90 Å². The van der Waals surface area contributed by atoms with Crippen LogP contribution in [0.2, 0.25) is 0 Å². The van der Waals surface area contributed by atoms with Gasteiger partial charge in [-0.05, 0) is 38.1 Å². The summed E-state index contributed by atoms with van der Waals surface area (Å²) < 4.78 is 60.3. The molecule has 12 heteroatoms. The lowest BCUT2D eigenvalue weighted by molar-refractivity contribution is -0.134. The molecule has 0 unspecified atom stereocenters. The summed E-state index contributed by atoms with van der Waals surface area (Å²) in [5.74, 6) is 0.327. The Morgan fingerprint density at radius 1 is 1.07 bits per heavy atom. The van der Waals surface area contributed by atoms with Crippen LogP contribution >= 0.6 is 0 Å². The molecule has 1 fully saturated rings. The van der Waals surface area contributed by atoms with Crippen LogP contribution in [0.15, 0.2) is 38.6 Å². The van der Waals surface area contributed by atoms with Crippen molar-refractivity contribution in [1.82, 2.24) is 14.4 Å². The largest absolute Gasteiger partial charge is 0.484 e. The fourth-order valence-corrected chi connectivity index (χ4v) is 5.51. The number of aromatic nitrogens is 1. The van der Waals surface area contributed by atoms with Gasteiger partial charge in [-0.25, -0.2) is 16.8 Å². The topological polar surface area (TPSA) is 127 Å². The van der Waals surface area contributed by atoms with Crippen molar-refractivity contribution in [2.24, 2.45) is 0 Å². The number of piperazine rings is 1. The van der Waals surface area contributed by atoms with E-state index in [9.17, 15) is 21.6 Å². The van der Waals surface area contributed by atoms with Gasteiger partial charge in [-0.1, -0.05) is 5.16 Å². The first kappa shape index (κ1) is 22.2. The van der Waals surface area contributed by atoms with E-state index >= 15 is 0 Å². The van der Waals surface area contributed by atoms with E-state index in [4.69, 9.17) is 9.26 Å². The summed E-state index contributed by atoms with van der Waals surface area (Å²) in [5.41, 5.74) is 0.307. The molecule has 1 aromatic heterocycles. The summed E-state index contributed by atoms with van der Waals surface area (Å²) in [6, 6.07) is 5.79. The Morgan fingerprint density at radius 3 is 2.17 bits per heavy atom. The Bertz CT molecular complexity index is 1110. The molecule has 30 heavy (non-hydrogen) atoms. The molecule has 1 aliphatic rings. The van der Waals surface area contributed by atoms with E-state index in [0.717, 1.165) is 6.26 Å². The number of aryl methyl sites for hydroxylation is 2. The SMILES string of the molecule is Cc1noc(C)c1S(=O)(=O)N1CCN(C(=O)COc2ccc(S(C)(=O)=O)cc2)CC1. The lowest BCUT2D eigenvalue weighted by Gasteiger charge is -2.33. The van der Waals surface area contributed by atoms with Gasteiger partial charge in [0.15, 0.2) is 22.2 Å². The molecule has 0 radical (unpaired) electrons. The van der Waals surface area contributed by atoms with E-state index in [1.165, 1.54) is 33.5 Å². The number of hydrogen-bond donors (Lipinski definition) is 0. The number of rotatable bonds is 6. The van der Waals surface area contributed by atoms with Gasteiger partial charge in [-0.3, -0.25) is 4.79 Å². The number of sulfone groups is 1. The lowest BCUT2D eigenvalue weighted by Crippen LogP contribution is -2.51. The van der Waals surface area contributed by atoms with Crippen LogP contribution in [0.3, 0.4) is 0 Å². The first-order chi connectivity index (χ1) is 14.0. The smallest absolute Gasteiger partial charge is 0.260 e. The average molecular weight is 458 g/mol. The minimum absolute atomic E-state index is 0.0724. The van der Waals surface area contributed by atoms with Crippen molar-refractivity contribution in [3.8, 4) is 5.75 Å². The maximum absolute atomic E-state index is 12.8. The van der Waals surface area contributed by atoms with Crippen LogP contribution in [0.5, 0.6) is 5.75 Å². The number of nitrogens with zero attached hydrogens (tertiary/aromatic N) is 3. The van der Waals surface area contributed by atoms with E-state index in [2.05, 4.69) is 5.16 Å². The molecule has 0 saturated carbocycles.